The van der Waals surface area contributed by atoms with Gasteiger partial charge in [0, 0.05) is 30.2 Å². The summed E-state index contributed by atoms with van der Waals surface area (Å²) in [6, 6.07) is 10.2. The lowest BCUT2D eigenvalue weighted by atomic mass is 10.0. The van der Waals surface area contributed by atoms with Crippen LogP contribution in [0, 0.1) is 0 Å². The van der Waals surface area contributed by atoms with Gasteiger partial charge in [-0.2, -0.15) is 13.2 Å². The van der Waals surface area contributed by atoms with Crippen LogP contribution in [-0.4, -0.2) is 60.9 Å². The third-order valence-corrected chi connectivity index (χ3v) is 6.01. The lowest BCUT2D eigenvalue weighted by Gasteiger charge is -2.35. The van der Waals surface area contributed by atoms with Gasteiger partial charge in [0.15, 0.2) is 5.13 Å². The van der Waals surface area contributed by atoms with Crippen LogP contribution in [0.2, 0.25) is 0 Å². The number of halogens is 3. The number of para-hydroxylation sites is 1. The van der Waals surface area contributed by atoms with E-state index in [1.807, 2.05) is 30.3 Å². The van der Waals surface area contributed by atoms with Gasteiger partial charge in [-0.15, -0.1) is 11.3 Å². The van der Waals surface area contributed by atoms with Crippen molar-refractivity contribution in [2.24, 2.45) is 0 Å². The number of benzene rings is 1. The van der Waals surface area contributed by atoms with Crippen molar-refractivity contribution in [3.8, 4) is 0 Å². The van der Waals surface area contributed by atoms with E-state index in [1.165, 1.54) is 6.26 Å². The molecule has 1 unspecified atom stereocenters. The molecule has 1 aromatic carbocycles. The van der Waals surface area contributed by atoms with Gasteiger partial charge >= 0.3 is 12.1 Å². The van der Waals surface area contributed by atoms with E-state index in [0.29, 0.717) is 6.54 Å². The average Bonchev–Trinajstić information content (AvgIpc) is 3.14. The number of nitrogens with zero attached hydrogens (tertiary/aromatic N) is 2. The van der Waals surface area contributed by atoms with Gasteiger partial charge in [-0.1, -0.05) is 24.6 Å². The van der Waals surface area contributed by atoms with Crippen molar-refractivity contribution in [3.63, 3.8) is 0 Å². The van der Waals surface area contributed by atoms with Gasteiger partial charge in [-0.3, -0.25) is 4.90 Å². The first-order chi connectivity index (χ1) is 14.9. The van der Waals surface area contributed by atoms with E-state index in [4.69, 9.17) is 9.90 Å². The minimum atomic E-state index is -5.08. The summed E-state index contributed by atoms with van der Waals surface area (Å²) >= 11 is 1.59. The second-order valence-electron chi connectivity index (χ2n) is 7.18. The van der Waals surface area contributed by atoms with Gasteiger partial charge in [0.1, 0.15) is 0 Å². The Hall–Kier alpha value is -2.22. The molecule has 0 saturated carbocycles. The molecule has 0 amide bonds. The standard InChI is InChI=1S/C17H24N4O2S2.C2HF3O2/c1-25(22,23)18-11-16-9-5-6-10-21(16)12-15-13-24-17(20-15)19-14-7-3-2-4-8-14;3-2(4,5)1(6)7/h2-4,7-8,13,16,18H,5-6,9-12H2,1H3,(H,19,20);(H,6,7). The number of thiazole rings is 1. The van der Waals surface area contributed by atoms with Crippen molar-refractivity contribution in [2.75, 3.05) is 24.7 Å². The number of sulfonamides is 1. The van der Waals surface area contributed by atoms with Crippen LogP contribution in [0.1, 0.15) is 25.0 Å². The maximum Gasteiger partial charge on any atom is 0.490 e. The molecule has 3 rings (SSSR count). The zero-order valence-corrected chi connectivity index (χ0v) is 18.9. The molecule has 8 nitrogen and oxygen atoms in total. The maximum atomic E-state index is 11.4. The van der Waals surface area contributed by atoms with Crippen molar-refractivity contribution >= 4 is 38.1 Å². The highest BCUT2D eigenvalue weighted by Gasteiger charge is 2.38. The Morgan fingerprint density at radius 2 is 1.94 bits per heavy atom. The molecule has 0 bridgehead atoms. The van der Waals surface area contributed by atoms with E-state index in [1.54, 1.807) is 11.3 Å². The number of rotatable bonds is 7. The summed E-state index contributed by atoms with van der Waals surface area (Å²) in [6.45, 7) is 2.20. The first kappa shape index (κ1) is 26.0. The molecule has 0 spiro atoms. The predicted molar refractivity (Wildman–Crippen MR) is 116 cm³/mol. The Balaban J connectivity index is 0.000000451. The van der Waals surface area contributed by atoms with Gasteiger partial charge in [0.05, 0.1) is 11.9 Å². The van der Waals surface area contributed by atoms with Crippen LogP contribution in [-0.2, 0) is 21.4 Å². The summed E-state index contributed by atoms with van der Waals surface area (Å²) in [5, 5.41) is 13.4. The fraction of sp³-hybridized carbons (Fsp3) is 0.474. The van der Waals surface area contributed by atoms with Crippen molar-refractivity contribution in [3.05, 3.63) is 41.4 Å². The topological polar surface area (TPSA) is 112 Å². The summed E-state index contributed by atoms with van der Waals surface area (Å²) in [7, 11) is -3.15. The molecule has 0 aliphatic carbocycles. The molecule has 1 fully saturated rings. The number of piperidine rings is 1. The minimum Gasteiger partial charge on any atom is -0.475 e. The molecular formula is C19H25F3N4O4S2. The van der Waals surface area contributed by atoms with E-state index in [-0.39, 0.29) is 6.04 Å². The van der Waals surface area contributed by atoms with Crippen LogP contribution in [0.3, 0.4) is 0 Å². The number of nitrogens with one attached hydrogen (secondary N) is 2. The Labute approximate surface area is 188 Å². The Bertz CT molecular complexity index is 968. The van der Waals surface area contributed by atoms with Crippen LogP contribution < -0.4 is 10.0 Å². The molecule has 32 heavy (non-hydrogen) atoms. The number of alkyl halides is 3. The number of likely N-dealkylation sites (tertiary alicyclic amines) is 1. The van der Waals surface area contributed by atoms with E-state index < -0.39 is 22.2 Å². The predicted octanol–water partition coefficient (Wildman–Crippen LogP) is 3.42. The van der Waals surface area contributed by atoms with Crippen LogP contribution in [0.5, 0.6) is 0 Å². The van der Waals surface area contributed by atoms with Crippen LogP contribution >= 0.6 is 11.3 Å². The molecule has 2 aromatic rings. The first-order valence-electron chi connectivity index (χ1n) is 9.69. The highest BCUT2D eigenvalue weighted by Crippen LogP contribution is 2.24. The average molecular weight is 495 g/mol. The zero-order chi connectivity index (χ0) is 23.8. The molecular weight excluding hydrogens is 469 g/mol. The van der Waals surface area contributed by atoms with Crippen LogP contribution in [0.25, 0.3) is 0 Å². The normalized spacial score (nSPS) is 17.3. The number of aromatic nitrogens is 1. The second-order valence-corrected chi connectivity index (χ2v) is 9.87. The number of carboxylic acids is 1. The van der Waals surface area contributed by atoms with E-state index >= 15 is 0 Å². The first-order valence-corrected chi connectivity index (χ1v) is 12.5. The summed E-state index contributed by atoms with van der Waals surface area (Å²) in [5.41, 5.74) is 2.05. The number of carbonyl (C=O) groups is 1. The van der Waals surface area contributed by atoms with Gasteiger partial charge in [-0.25, -0.2) is 22.9 Å². The monoisotopic (exact) mass is 494 g/mol. The third kappa shape index (κ3) is 9.51. The second kappa shape index (κ2) is 11.6. The smallest absolute Gasteiger partial charge is 0.475 e. The van der Waals surface area contributed by atoms with Crippen LogP contribution in [0.4, 0.5) is 24.0 Å². The molecule has 1 aliphatic rings. The molecule has 3 N–H and O–H groups in total. The summed E-state index contributed by atoms with van der Waals surface area (Å²) in [4.78, 5) is 15.9. The minimum absolute atomic E-state index is 0.232. The lowest BCUT2D eigenvalue weighted by molar-refractivity contribution is -0.192. The molecule has 0 radical (unpaired) electrons. The van der Waals surface area contributed by atoms with E-state index in [0.717, 1.165) is 48.9 Å². The number of hydrogen-bond donors (Lipinski definition) is 3. The van der Waals surface area contributed by atoms with Gasteiger partial charge in [0.25, 0.3) is 0 Å². The van der Waals surface area contributed by atoms with E-state index in [9.17, 15) is 21.6 Å². The number of anilines is 2. The molecule has 13 heteroatoms. The number of carboxylic acid groups (broad SMARTS) is 1. The maximum absolute atomic E-state index is 11.4. The van der Waals surface area contributed by atoms with E-state index in [2.05, 4.69) is 25.3 Å². The quantitative estimate of drug-likeness (QED) is 0.541. The Morgan fingerprint density at radius 1 is 1.28 bits per heavy atom. The molecule has 178 valence electrons. The van der Waals surface area contributed by atoms with Gasteiger partial charge in [-0.05, 0) is 31.5 Å². The Morgan fingerprint density at radius 3 is 2.53 bits per heavy atom. The lowest BCUT2D eigenvalue weighted by Crippen LogP contribution is -2.46. The van der Waals surface area contributed by atoms with Gasteiger partial charge in [0.2, 0.25) is 10.0 Å². The molecule has 1 aromatic heterocycles. The SMILES string of the molecule is CS(=O)(=O)NCC1CCCCN1Cc1csc(Nc2ccccc2)n1.O=C(O)C(F)(F)F. The number of aliphatic carboxylic acids is 1. The molecule has 1 saturated heterocycles. The van der Waals surface area contributed by atoms with Crippen molar-refractivity contribution in [1.82, 2.24) is 14.6 Å². The van der Waals surface area contributed by atoms with Gasteiger partial charge < -0.3 is 10.4 Å². The molecule has 2 heterocycles. The summed E-state index contributed by atoms with van der Waals surface area (Å²) < 4.78 is 57.1. The zero-order valence-electron chi connectivity index (χ0n) is 17.3. The Kier molecular flexibility index (Phi) is 9.43. The fourth-order valence-corrected chi connectivity index (χ4v) is 4.25. The molecule has 1 aliphatic heterocycles. The van der Waals surface area contributed by atoms with Crippen molar-refractivity contribution < 1.29 is 31.5 Å². The van der Waals surface area contributed by atoms with Crippen molar-refractivity contribution in [1.29, 1.82) is 0 Å². The largest absolute Gasteiger partial charge is 0.490 e. The van der Waals surface area contributed by atoms with Crippen molar-refractivity contribution in [2.45, 2.75) is 38.0 Å². The highest BCUT2D eigenvalue weighted by atomic mass is 32.2. The highest BCUT2D eigenvalue weighted by molar-refractivity contribution is 7.88. The van der Waals surface area contributed by atoms with Crippen LogP contribution in [0.15, 0.2) is 35.7 Å². The fourth-order valence-electron chi connectivity index (χ4n) is 3.04. The third-order valence-electron chi connectivity index (χ3n) is 4.51. The summed E-state index contributed by atoms with van der Waals surface area (Å²) in [5.74, 6) is -2.76. The summed E-state index contributed by atoms with van der Waals surface area (Å²) in [6.07, 6.45) is -0.566. The number of hydrogen-bond acceptors (Lipinski definition) is 7. The molecule has 1 atom stereocenters.